The molecule has 0 bridgehead atoms. The second kappa shape index (κ2) is 7.21. The highest BCUT2D eigenvalue weighted by atomic mass is 32.2. The fraction of sp³-hybridized carbons (Fsp3) is 0.588. The molecule has 2 aliphatic rings. The molecule has 2 saturated heterocycles. The number of hydrogen-bond donors (Lipinski definition) is 1. The van der Waals surface area contributed by atoms with Crippen LogP contribution < -0.4 is 10.6 Å². The van der Waals surface area contributed by atoms with Crippen molar-refractivity contribution in [1.29, 1.82) is 0 Å². The summed E-state index contributed by atoms with van der Waals surface area (Å²) in [6.07, 6.45) is -3.85. The molecule has 0 aliphatic carbocycles. The highest BCUT2D eigenvalue weighted by Gasteiger charge is 2.42. The topological polar surface area (TPSA) is 83.7 Å². The summed E-state index contributed by atoms with van der Waals surface area (Å²) in [5, 5.41) is 0. The minimum atomic E-state index is -4.29. The van der Waals surface area contributed by atoms with E-state index in [9.17, 15) is 26.4 Å². The van der Waals surface area contributed by atoms with Gasteiger partial charge in [-0.25, -0.2) is 8.42 Å². The predicted octanol–water partition coefficient (Wildman–Crippen LogP) is 1.92. The first-order chi connectivity index (χ1) is 12.6. The number of sulfone groups is 1. The van der Waals surface area contributed by atoms with E-state index in [1.54, 1.807) is 4.90 Å². The van der Waals surface area contributed by atoms with Crippen LogP contribution in [-0.4, -0.2) is 63.1 Å². The lowest BCUT2D eigenvalue weighted by Gasteiger charge is -2.37. The maximum atomic E-state index is 13.1. The third-order valence-corrected chi connectivity index (χ3v) is 6.72. The SMILES string of the molecule is Nc1ccc(C(=O)N2CCS(=O)(=O)CC2)c(N2CCCC(C(F)(F)F)C2)c1. The molecule has 2 N–H and O–H groups in total. The lowest BCUT2D eigenvalue weighted by atomic mass is 9.96. The van der Waals surface area contributed by atoms with E-state index in [1.807, 2.05) is 0 Å². The van der Waals surface area contributed by atoms with Crippen molar-refractivity contribution in [3.05, 3.63) is 23.8 Å². The van der Waals surface area contributed by atoms with Crippen LogP contribution in [0.2, 0.25) is 0 Å². The molecule has 3 rings (SSSR count). The highest BCUT2D eigenvalue weighted by molar-refractivity contribution is 7.91. The zero-order valence-corrected chi connectivity index (χ0v) is 15.5. The smallest absolute Gasteiger partial charge is 0.393 e. The van der Waals surface area contributed by atoms with E-state index in [1.165, 1.54) is 23.1 Å². The summed E-state index contributed by atoms with van der Waals surface area (Å²) >= 11 is 0. The predicted molar refractivity (Wildman–Crippen MR) is 96.4 cm³/mol. The Hall–Kier alpha value is -1.97. The fourth-order valence-corrected chi connectivity index (χ4v) is 4.74. The van der Waals surface area contributed by atoms with Gasteiger partial charge in [0.2, 0.25) is 0 Å². The molecule has 1 unspecified atom stereocenters. The summed E-state index contributed by atoms with van der Waals surface area (Å²) in [5.74, 6) is -2.05. The number of carbonyl (C=O) groups excluding carboxylic acids is 1. The van der Waals surface area contributed by atoms with E-state index >= 15 is 0 Å². The van der Waals surface area contributed by atoms with Crippen molar-refractivity contribution in [3.63, 3.8) is 0 Å². The van der Waals surface area contributed by atoms with Gasteiger partial charge in [0.05, 0.1) is 28.7 Å². The van der Waals surface area contributed by atoms with Crippen molar-refractivity contribution >= 4 is 27.1 Å². The van der Waals surface area contributed by atoms with E-state index in [0.717, 1.165) is 0 Å². The van der Waals surface area contributed by atoms with Gasteiger partial charge in [-0.2, -0.15) is 13.2 Å². The van der Waals surface area contributed by atoms with Crippen molar-refractivity contribution in [3.8, 4) is 0 Å². The maximum absolute atomic E-state index is 13.1. The van der Waals surface area contributed by atoms with Crippen molar-refractivity contribution in [1.82, 2.24) is 4.90 Å². The second-order valence-electron chi connectivity index (χ2n) is 7.05. The number of benzene rings is 1. The van der Waals surface area contributed by atoms with Crippen molar-refractivity contribution < 1.29 is 26.4 Å². The van der Waals surface area contributed by atoms with Crippen molar-refractivity contribution in [2.24, 2.45) is 5.92 Å². The zero-order chi connectivity index (χ0) is 19.8. The van der Waals surface area contributed by atoms with Crippen LogP contribution in [0.25, 0.3) is 0 Å². The number of piperidine rings is 1. The summed E-state index contributed by atoms with van der Waals surface area (Å²) < 4.78 is 62.6. The number of amides is 1. The van der Waals surface area contributed by atoms with Crippen LogP contribution in [0.15, 0.2) is 18.2 Å². The number of anilines is 2. The first-order valence-electron chi connectivity index (χ1n) is 8.78. The molecule has 27 heavy (non-hydrogen) atoms. The Morgan fingerprint density at radius 1 is 1.15 bits per heavy atom. The van der Waals surface area contributed by atoms with E-state index in [4.69, 9.17) is 5.73 Å². The van der Waals surface area contributed by atoms with Gasteiger partial charge in [0.25, 0.3) is 5.91 Å². The number of halogens is 3. The molecule has 0 spiro atoms. The van der Waals surface area contributed by atoms with Crippen LogP contribution in [-0.2, 0) is 9.84 Å². The summed E-state index contributed by atoms with van der Waals surface area (Å²) in [4.78, 5) is 15.9. The van der Waals surface area contributed by atoms with Gasteiger partial charge in [0.15, 0.2) is 9.84 Å². The van der Waals surface area contributed by atoms with Gasteiger partial charge in [-0.3, -0.25) is 4.79 Å². The molecule has 150 valence electrons. The van der Waals surface area contributed by atoms with Crippen LogP contribution >= 0.6 is 0 Å². The molecular weight excluding hydrogens is 383 g/mol. The number of nitrogens with zero attached hydrogens (tertiary/aromatic N) is 2. The maximum Gasteiger partial charge on any atom is 0.393 e. The summed E-state index contributed by atoms with van der Waals surface area (Å²) in [6, 6.07) is 4.56. The van der Waals surface area contributed by atoms with Crippen molar-refractivity contribution in [2.45, 2.75) is 19.0 Å². The molecule has 2 heterocycles. The summed E-state index contributed by atoms with van der Waals surface area (Å²) in [6.45, 7) is 0.346. The van der Waals surface area contributed by atoms with Gasteiger partial charge in [-0.15, -0.1) is 0 Å². The van der Waals surface area contributed by atoms with Crippen LogP contribution in [0, 0.1) is 5.92 Å². The molecule has 6 nitrogen and oxygen atoms in total. The molecule has 1 aromatic carbocycles. The summed E-state index contributed by atoms with van der Waals surface area (Å²) in [7, 11) is -3.14. The number of alkyl halides is 3. The third kappa shape index (κ3) is 4.48. The van der Waals surface area contributed by atoms with Gasteiger partial charge in [-0.05, 0) is 31.0 Å². The molecule has 2 aliphatic heterocycles. The Kier molecular flexibility index (Phi) is 5.29. The quantitative estimate of drug-likeness (QED) is 0.760. The lowest BCUT2D eigenvalue weighted by molar-refractivity contribution is -0.175. The molecule has 10 heteroatoms. The number of hydrogen-bond acceptors (Lipinski definition) is 5. The molecule has 0 radical (unpaired) electrons. The molecular formula is C17H22F3N3O3S. The van der Waals surface area contributed by atoms with Crippen LogP contribution in [0.3, 0.4) is 0 Å². The largest absolute Gasteiger partial charge is 0.399 e. The number of carbonyl (C=O) groups is 1. The van der Waals surface area contributed by atoms with E-state index in [2.05, 4.69) is 0 Å². The monoisotopic (exact) mass is 405 g/mol. The molecule has 0 aromatic heterocycles. The lowest BCUT2D eigenvalue weighted by Crippen LogP contribution is -2.45. The number of nitrogens with two attached hydrogens (primary N) is 1. The van der Waals surface area contributed by atoms with E-state index < -0.39 is 21.9 Å². The Morgan fingerprint density at radius 2 is 1.81 bits per heavy atom. The minimum Gasteiger partial charge on any atom is -0.399 e. The van der Waals surface area contributed by atoms with Crippen molar-refractivity contribution in [2.75, 3.05) is 48.3 Å². The Bertz CT molecular complexity index is 812. The average molecular weight is 405 g/mol. The fourth-order valence-electron chi connectivity index (χ4n) is 3.54. The van der Waals surface area contributed by atoms with E-state index in [-0.39, 0.29) is 49.0 Å². The normalized spacial score (nSPS) is 23.3. The van der Waals surface area contributed by atoms with Crippen LogP contribution in [0.1, 0.15) is 23.2 Å². The Balaban J connectivity index is 1.86. The first kappa shape index (κ1) is 19.8. The molecule has 0 saturated carbocycles. The van der Waals surface area contributed by atoms with Crippen LogP contribution in [0.4, 0.5) is 24.5 Å². The number of nitrogen functional groups attached to an aromatic ring is 1. The molecule has 1 aromatic rings. The van der Waals surface area contributed by atoms with E-state index in [0.29, 0.717) is 24.3 Å². The Morgan fingerprint density at radius 3 is 2.44 bits per heavy atom. The van der Waals surface area contributed by atoms with Gasteiger partial charge in [-0.1, -0.05) is 0 Å². The van der Waals surface area contributed by atoms with Gasteiger partial charge in [0, 0.05) is 31.9 Å². The number of rotatable bonds is 2. The Labute approximate surface area is 156 Å². The van der Waals surface area contributed by atoms with Gasteiger partial charge in [0.1, 0.15) is 0 Å². The standard InChI is InChI=1S/C17H22F3N3O3S/c18-17(19,20)12-2-1-5-23(11-12)15-10-13(21)3-4-14(15)16(24)22-6-8-27(25,26)9-7-22/h3-4,10,12H,1-2,5-9,11,21H2. The minimum absolute atomic E-state index is 0.0651. The summed E-state index contributed by atoms with van der Waals surface area (Å²) in [5.41, 5.74) is 6.81. The van der Waals surface area contributed by atoms with Crippen LogP contribution in [0.5, 0.6) is 0 Å². The zero-order valence-electron chi connectivity index (χ0n) is 14.7. The first-order valence-corrected chi connectivity index (χ1v) is 10.6. The highest BCUT2D eigenvalue weighted by Crippen LogP contribution is 2.36. The average Bonchev–Trinajstić information content (AvgIpc) is 2.60. The molecule has 1 atom stereocenters. The van der Waals surface area contributed by atoms with Gasteiger partial charge < -0.3 is 15.5 Å². The van der Waals surface area contributed by atoms with Gasteiger partial charge >= 0.3 is 6.18 Å². The second-order valence-corrected chi connectivity index (χ2v) is 9.35. The molecule has 2 fully saturated rings. The molecule has 1 amide bonds. The third-order valence-electron chi connectivity index (χ3n) is 5.11.